The lowest BCUT2D eigenvalue weighted by Gasteiger charge is -2.25. The number of aliphatic hydroxyl groups excluding tert-OH is 3. The molecule has 2 aromatic rings. The van der Waals surface area contributed by atoms with Gasteiger partial charge in [0, 0.05) is 12.4 Å². The summed E-state index contributed by atoms with van der Waals surface area (Å²) in [5.74, 6) is -7.31. The van der Waals surface area contributed by atoms with Gasteiger partial charge in [0.25, 0.3) is 0 Å². The molecule has 0 amide bonds. The van der Waals surface area contributed by atoms with E-state index in [1.54, 1.807) is 20.8 Å². The van der Waals surface area contributed by atoms with E-state index in [1.807, 2.05) is 0 Å². The zero-order valence-corrected chi connectivity index (χ0v) is 24.3. The van der Waals surface area contributed by atoms with Crippen LogP contribution in [-0.4, -0.2) is 108 Å². The van der Waals surface area contributed by atoms with Crippen LogP contribution < -0.4 is 22.8 Å². The molecule has 0 aromatic carbocycles. The van der Waals surface area contributed by atoms with Crippen molar-refractivity contribution in [2.75, 3.05) is 24.7 Å². The molecular weight excluding hydrogens is 620 g/mol. The second-order valence-corrected chi connectivity index (χ2v) is 11.1. The SMILES string of the molecule is CC(C)(C)OC(=O)O[C@@H]1[C@@H](CO)O[C@@H](Cn2ccc(N)nc2=O)C1(F)F.Nc1ccn(C[C@@H]2O[C@H](CO)[C@@H](O)C2(F)F)c(=O)n1. The van der Waals surface area contributed by atoms with Crippen LogP contribution in [0.1, 0.15) is 20.8 Å². The Balaban J connectivity index is 0.000000257. The quantitative estimate of drug-likeness (QED) is 0.180. The summed E-state index contributed by atoms with van der Waals surface area (Å²) in [6.07, 6.45) is -9.47. The summed E-state index contributed by atoms with van der Waals surface area (Å²) < 4.78 is 78.0. The zero-order chi connectivity index (χ0) is 33.9. The molecule has 2 aliphatic rings. The van der Waals surface area contributed by atoms with Crippen molar-refractivity contribution in [2.24, 2.45) is 0 Å². The van der Waals surface area contributed by atoms with Crippen LogP contribution in [0.3, 0.4) is 0 Å². The van der Waals surface area contributed by atoms with E-state index in [0.29, 0.717) is 0 Å². The number of nitrogens with zero attached hydrogens (tertiary/aromatic N) is 4. The number of nitrogen functional groups attached to an aromatic ring is 2. The van der Waals surface area contributed by atoms with Crippen LogP contribution in [-0.2, 0) is 32.0 Å². The molecule has 2 fully saturated rings. The number of nitrogens with two attached hydrogens (primary N) is 2. The number of aromatic nitrogens is 4. The Kier molecular flexibility index (Phi) is 10.8. The Morgan fingerprint density at radius 2 is 1.36 bits per heavy atom. The molecule has 2 aliphatic heterocycles. The predicted octanol–water partition coefficient (Wildman–Crippen LogP) is -0.878. The first kappa shape index (κ1) is 35.6. The zero-order valence-electron chi connectivity index (χ0n) is 24.3. The molecule has 0 spiro atoms. The summed E-state index contributed by atoms with van der Waals surface area (Å²) in [6.45, 7) is 2.03. The third-order valence-corrected chi connectivity index (χ3v) is 6.49. The summed E-state index contributed by atoms with van der Waals surface area (Å²) >= 11 is 0. The maximum Gasteiger partial charge on any atom is 0.509 e. The molecule has 4 rings (SSSR count). The minimum absolute atomic E-state index is 0.0198. The van der Waals surface area contributed by atoms with Crippen LogP contribution in [0.4, 0.5) is 34.0 Å². The largest absolute Gasteiger partial charge is 0.509 e. The second-order valence-electron chi connectivity index (χ2n) is 11.1. The van der Waals surface area contributed by atoms with Crippen molar-refractivity contribution in [1.82, 2.24) is 19.1 Å². The number of hydrogen-bond donors (Lipinski definition) is 5. The van der Waals surface area contributed by atoms with E-state index in [1.165, 1.54) is 24.5 Å². The minimum Gasteiger partial charge on any atom is -0.429 e. The second kappa shape index (κ2) is 13.6. The van der Waals surface area contributed by atoms with Gasteiger partial charge in [-0.2, -0.15) is 18.7 Å². The number of carbonyl (C=O) groups excluding carboxylic acids is 1. The van der Waals surface area contributed by atoms with Gasteiger partial charge in [-0.25, -0.2) is 23.2 Å². The average Bonchev–Trinajstić information content (AvgIpc) is 3.29. The van der Waals surface area contributed by atoms with Gasteiger partial charge in [0.05, 0.1) is 26.3 Å². The van der Waals surface area contributed by atoms with Crippen molar-refractivity contribution in [2.45, 2.75) is 87.9 Å². The summed E-state index contributed by atoms with van der Waals surface area (Å²) in [4.78, 5) is 41.7. The first-order valence-electron chi connectivity index (χ1n) is 13.3. The lowest BCUT2D eigenvalue weighted by molar-refractivity contribution is -0.132. The predicted molar refractivity (Wildman–Crippen MR) is 144 cm³/mol. The Labute approximate surface area is 252 Å². The van der Waals surface area contributed by atoms with Crippen LogP contribution in [0.25, 0.3) is 0 Å². The van der Waals surface area contributed by atoms with Gasteiger partial charge in [0.15, 0.2) is 6.10 Å². The summed E-state index contributed by atoms with van der Waals surface area (Å²) in [6, 6.07) is 2.56. The highest BCUT2D eigenvalue weighted by Crippen LogP contribution is 2.39. The number of aliphatic hydroxyl groups is 3. The first-order valence-corrected chi connectivity index (χ1v) is 13.3. The van der Waals surface area contributed by atoms with Crippen molar-refractivity contribution in [3.63, 3.8) is 0 Å². The fourth-order valence-electron chi connectivity index (χ4n) is 4.28. The molecule has 4 heterocycles. The van der Waals surface area contributed by atoms with Gasteiger partial charge < -0.3 is 45.7 Å². The van der Waals surface area contributed by atoms with E-state index in [-0.39, 0.29) is 11.6 Å². The maximum absolute atomic E-state index is 14.7. The number of alkyl halides is 4. The van der Waals surface area contributed by atoms with Gasteiger partial charge >= 0.3 is 29.4 Å². The molecule has 0 unspecified atom stereocenters. The number of halogens is 4. The number of ether oxygens (including phenoxy) is 4. The van der Waals surface area contributed by atoms with Crippen molar-refractivity contribution < 1.29 is 56.6 Å². The van der Waals surface area contributed by atoms with Crippen molar-refractivity contribution in [1.29, 1.82) is 0 Å². The number of anilines is 2. The fraction of sp³-hybridized carbons (Fsp3) is 0.640. The van der Waals surface area contributed by atoms with Gasteiger partial charge in [0.1, 0.15) is 47.8 Å². The highest BCUT2D eigenvalue weighted by molar-refractivity contribution is 5.61. The topological polar surface area (TPSA) is 236 Å². The van der Waals surface area contributed by atoms with Gasteiger partial charge in [-0.05, 0) is 32.9 Å². The van der Waals surface area contributed by atoms with E-state index >= 15 is 0 Å². The van der Waals surface area contributed by atoms with E-state index in [9.17, 15) is 42.2 Å². The highest BCUT2D eigenvalue weighted by atomic mass is 19.3. The standard InChI is InChI=1S/C15H21F2N3O6.C10H13F2N3O4/c1-14(2,3)26-13(23)25-11-8(7-21)24-9(15(11,16)17)6-20-5-4-10(18)19-12(20)22;11-10(12)6(19-5(4-16)8(10)17)3-15-2-1-7(13)14-9(15)18/h4-5,8-9,11,21H,6-7H2,1-3H3,(H2,18,19,22);1-2,5-6,8,16-17H,3-4H2,(H2,13,14,18)/t8-,9+,11-;5-,6+,8-/m11/s1. The van der Waals surface area contributed by atoms with E-state index in [4.69, 9.17) is 35.5 Å². The van der Waals surface area contributed by atoms with Crippen LogP contribution in [0, 0.1) is 0 Å². The van der Waals surface area contributed by atoms with Gasteiger partial charge in [0.2, 0.25) is 0 Å². The molecule has 0 saturated carbocycles. The molecular formula is C25H34F4N6O10. The van der Waals surface area contributed by atoms with Crippen LogP contribution in [0.5, 0.6) is 0 Å². The number of carbonyl (C=O) groups is 1. The smallest absolute Gasteiger partial charge is 0.429 e. The molecule has 16 nitrogen and oxygen atoms in total. The summed E-state index contributed by atoms with van der Waals surface area (Å²) in [5.41, 5.74) is 8.07. The van der Waals surface area contributed by atoms with Crippen LogP contribution in [0.2, 0.25) is 0 Å². The molecule has 20 heteroatoms. The molecule has 2 saturated heterocycles. The number of rotatable bonds is 7. The third kappa shape index (κ3) is 8.45. The molecule has 7 N–H and O–H groups in total. The Morgan fingerprint density at radius 1 is 0.911 bits per heavy atom. The molecule has 252 valence electrons. The van der Waals surface area contributed by atoms with E-state index in [0.717, 1.165) is 9.13 Å². The first-order chi connectivity index (χ1) is 20.8. The van der Waals surface area contributed by atoms with Crippen molar-refractivity contribution >= 4 is 17.8 Å². The van der Waals surface area contributed by atoms with Crippen LogP contribution >= 0.6 is 0 Å². The molecule has 2 aromatic heterocycles. The van der Waals surface area contributed by atoms with Gasteiger partial charge in [-0.1, -0.05) is 0 Å². The Hall–Kier alpha value is -3.85. The molecule has 0 aliphatic carbocycles. The lowest BCUT2D eigenvalue weighted by Crippen LogP contribution is -2.46. The average molecular weight is 655 g/mol. The van der Waals surface area contributed by atoms with E-state index in [2.05, 4.69) is 9.97 Å². The lowest BCUT2D eigenvalue weighted by atomic mass is 10.1. The fourth-order valence-corrected chi connectivity index (χ4v) is 4.28. The Morgan fingerprint density at radius 3 is 1.76 bits per heavy atom. The van der Waals surface area contributed by atoms with Crippen molar-refractivity contribution in [3.05, 3.63) is 45.5 Å². The molecule has 6 atom stereocenters. The van der Waals surface area contributed by atoms with E-state index < -0.39 is 97.9 Å². The monoisotopic (exact) mass is 654 g/mol. The molecule has 0 radical (unpaired) electrons. The van der Waals surface area contributed by atoms with Gasteiger partial charge in [-0.15, -0.1) is 0 Å². The highest BCUT2D eigenvalue weighted by Gasteiger charge is 2.61. The van der Waals surface area contributed by atoms with Crippen molar-refractivity contribution in [3.8, 4) is 0 Å². The number of hydrogen-bond acceptors (Lipinski definition) is 14. The molecule has 0 bridgehead atoms. The van der Waals surface area contributed by atoms with Crippen LogP contribution in [0.15, 0.2) is 34.1 Å². The summed E-state index contributed by atoms with van der Waals surface area (Å²) in [5, 5.41) is 27.4. The summed E-state index contributed by atoms with van der Waals surface area (Å²) in [7, 11) is 0. The maximum atomic E-state index is 14.7. The normalized spacial score (nSPS) is 27.0. The minimum atomic E-state index is -3.68. The Bertz CT molecular complexity index is 1450. The van der Waals surface area contributed by atoms with Gasteiger partial charge in [-0.3, -0.25) is 9.13 Å². The third-order valence-electron chi connectivity index (χ3n) is 6.49. The molecule has 45 heavy (non-hydrogen) atoms.